The van der Waals surface area contributed by atoms with Crippen molar-refractivity contribution in [2.24, 2.45) is 5.73 Å². The molecule has 0 aromatic carbocycles. The number of hydrogen-bond acceptors (Lipinski definition) is 5. The Morgan fingerprint density at radius 1 is 1.37 bits per heavy atom. The SMILES string of the molecule is CCC(N)(CC)C(=O)N1CCSCC1S(=O)(=O)CC. The van der Waals surface area contributed by atoms with Crippen LogP contribution in [0, 0.1) is 0 Å². The molecule has 1 saturated heterocycles. The minimum Gasteiger partial charge on any atom is -0.322 e. The zero-order valence-corrected chi connectivity index (χ0v) is 13.5. The highest BCUT2D eigenvalue weighted by atomic mass is 32.2. The molecule has 1 unspecified atom stereocenters. The highest BCUT2D eigenvalue weighted by Gasteiger charge is 2.42. The summed E-state index contributed by atoms with van der Waals surface area (Å²) in [5, 5.41) is -0.718. The molecule has 19 heavy (non-hydrogen) atoms. The molecular weight excluding hydrogens is 284 g/mol. The number of nitrogens with two attached hydrogens (primary N) is 1. The highest BCUT2D eigenvalue weighted by molar-refractivity contribution is 8.01. The van der Waals surface area contributed by atoms with Crippen molar-refractivity contribution in [3.8, 4) is 0 Å². The molecule has 1 aliphatic heterocycles. The molecule has 2 N–H and O–H groups in total. The highest BCUT2D eigenvalue weighted by Crippen LogP contribution is 2.25. The molecule has 5 nitrogen and oxygen atoms in total. The van der Waals surface area contributed by atoms with Gasteiger partial charge in [0.2, 0.25) is 5.91 Å². The first kappa shape index (κ1) is 16.8. The number of amides is 1. The molecule has 0 aromatic heterocycles. The Bertz CT molecular complexity index is 419. The summed E-state index contributed by atoms with van der Waals surface area (Å²) in [7, 11) is -3.26. The number of carbonyl (C=O) groups is 1. The maximum absolute atomic E-state index is 12.6. The monoisotopic (exact) mass is 308 g/mol. The Morgan fingerprint density at radius 3 is 2.42 bits per heavy atom. The van der Waals surface area contributed by atoms with Gasteiger partial charge in [0.15, 0.2) is 9.84 Å². The van der Waals surface area contributed by atoms with Gasteiger partial charge in [-0.15, -0.1) is 0 Å². The van der Waals surface area contributed by atoms with E-state index in [-0.39, 0.29) is 11.7 Å². The molecule has 112 valence electrons. The van der Waals surface area contributed by atoms with E-state index < -0.39 is 20.8 Å². The zero-order valence-electron chi connectivity index (χ0n) is 11.9. The van der Waals surface area contributed by atoms with Gasteiger partial charge >= 0.3 is 0 Å². The summed E-state index contributed by atoms with van der Waals surface area (Å²) in [6.07, 6.45) is 1.04. The van der Waals surface area contributed by atoms with Gasteiger partial charge in [0, 0.05) is 23.8 Å². The van der Waals surface area contributed by atoms with Gasteiger partial charge in [0.1, 0.15) is 5.37 Å². The number of sulfone groups is 1. The summed E-state index contributed by atoms with van der Waals surface area (Å²) in [5.41, 5.74) is 5.18. The summed E-state index contributed by atoms with van der Waals surface area (Å²) in [5.74, 6) is 1.05. The molecule has 7 heteroatoms. The molecule has 0 radical (unpaired) electrons. The normalized spacial score (nSPS) is 21.5. The van der Waals surface area contributed by atoms with Crippen molar-refractivity contribution >= 4 is 27.5 Å². The first-order valence-electron chi connectivity index (χ1n) is 6.71. The summed E-state index contributed by atoms with van der Waals surface area (Å²) in [6.45, 7) is 5.81. The molecule has 0 bridgehead atoms. The lowest BCUT2D eigenvalue weighted by atomic mass is 9.92. The molecule has 0 aliphatic carbocycles. The summed E-state index contributed by atoms with van der Waals surface area (Å²) in [6, 6.07) is 0. The fraction of sp³-hybridized carbons (Fsp3) is 0.917. The molecular formula is C12H24N2O3S2. The molecule has 0 saturated carbocycles. The van der Waals surface area contributed by atoms with Crippen molar-refractivity contribution in [3.63, 3.8) is 0 Å². The van der Waals surface area contributed by atoms with Crippen molar-refractivity contribution in [3.05, 3.63) is 0 Å². The van der Waals surface area contributed by atoms with E-state index >= 15 is 0 Å². The topological polar surface area (TPSA) is 80.5 Å². The zero-order chi connectivity index (χ0) is 14.7. The van der Waals surface area contributed by atoms with E-state index in [0.29, 0.717) is 25.1 Å². The van der Waals surface area contributed by atoms with Crippen molar-refractivity contribution in [1.29, 1.82) is 0 Å². The number of carbonyl (C=O) groups excluding carboxylic acids is 1. The van der Waals surface area contributed by atoms with E-state index in [4.69, 9.17) is 5.73 Å². The van der Waals surface area contributed by atoms with Crippen LogP contribution in [0.5, 0.6) is 0 Å². The van der Waals surface area contributed by atoms with Gasteiger partial charge in [-0.2, -0.15) is 11.8 Å². The van der Waals surface area contributed by atoms with Crippen molar-refractivity contribution in [1.82, 2.24) is 4.90 Å². The van der Waals surface area contributed by atoms with E-state index in [0.717, 1.165) is 5.75 Å². The lowest BCUT2D eigenvalue weighted by Crippen LogP contribution is -2.61. The average Bonchev–Trinajstić information content (AvgIpc) is 2.45. The van der Waals surface area contributed by atoms with Crippen LogP contribution in [-0.4, -0.2) is 53.9 Å². The number of rotatable bonds is 5. The van der Waals surface area contributed by atoms with E-state index in [9.17, 15) is 13.2 Å². The second kappa shape index (κ2) is 6.45. The molecule has 1 fully saturated rings. The minimum atomic E-state index is -3.26. The third kappa shape index (κ3) is 3.44. The van der Waals surface area contributed by atoms with Gasteiger partial charge in [-0.05, 0) is 12.8 Å². The lowest BCUT2D eigenvalue weighted by Gasteiger charge is -2.39. The average molecular weight is 308 g/mol. The van der Waals surface area contributed by atoms with Gasteiger partial charge in [0.05, 0.1) is 5.54 Å². The Hall–Kier alpha value is -0.270. The molecule has 0 aromatic rings. The summed E-state index contributed by atoms with van der Waals surface area (Å²) >= 11 is 1.58. The van der Waals surface area contributed by atoms with Crippen LogP contribution >= 0.6 is 11.8 Å². The third-order valence-corrected chi connectivity index (χ3v) is 7.14. The van der Waals surface area contributed by atoms with Crippen LogP contribution in [0.3, 0.4) is 0 Å². The maximum Gasteiger partial charge on any atom is 0.243 e. The molecule has 0 spiro atoms. The van der Waals surface area contributed by atoms with Crippen LogP contribution in [0.4, 0.5) is 0 Å². The predicted molar refractivity (Wildman–Crippen MR) is 79.8 cm³/mol. The summed E-state index contributed by atoms with van der Waals surface area (Å²) < 4.78 is 24.2. The Kier molecular flexibility index (Phi) is 5.70. The minimum absolute atomic E-state index is 0.0534. The lowest BCUT2D eigenvalue weighted by molar-refractivity contribution is -0.137. The summed E-state index contributed by atoms with van der Waals surface area (Å²) in [4.78, 5) is 14.1. The van der Waals surface area contributed by atoms with Gasteiger partial charge in [-0.1, -0.05) is 20.8 Å². The fourth-order valence-corrected chi connectivity index (χ4v) is 5.11. The first-order valence-corrected chi connectivity index (χ1v) is 9.58. The van der Waals surface area contributed by atoms with E-state index in [1.165, 1.54) is 4.90 Å². The van der Waals surface area contributed by atoms with Crippen molar-refractivity contribution < 1.29 is 13.2 Å². The fourth-order valence-electron chi connectivity index (χ4n) is 2.14. The quantitative estimate of drug-likeness (QED) is 0.814. The van der Waals surface area contributed by atoms with Gasteiger partial charge in [-0.3, -0.25) is 4.79 Å². The van der Waals surface area contributed by atoms with Crippen LogP contribution < -0.4 is 5.73 Å². The Labute approximate surface area is 120 Å². The smallest absolute Gasteiger partial charge is 0.243 e. The van der Waals surface area contributed by atoms with Crippen molar-refractivity contribution in [2.45, 2.75) is 44.5 Å². The van der Waals surface area contributed by atoms with Crippen LogP contribution in [0.2, 0.25) is 0 Å². The molecule has 1 aliphatic rings. The van der Waals surface area contributed by atoms with Crippen LogP contribution in [0.25, 0.3) is 0 Å². The third-order valence-electron chi connectivity index (χ3n) is 3.85. The number of nitrogens with zero attached hydrogens (tertiary/aromatic N) is 1. The van der Waals surface area contributed by atoms with Gasteiger partial charge in [0.25, 0.3) is 0 Å². The molecule has 1 amide bonds. The Morgan fingerprint density at radius 2 is 1.95 bits per heavy atom. The van der Waals surface area contributed by atoms with Crippen LogP contribution in [-0.2, 0) is 14.6 Å². The van der Waals surface area contributed by atoms with Crippen LogP contribution in [0.1, 0.15) is 33.6 Å². The Balaban J connectivity index is 3.04. The van der Waals surface area contributed by atoms with E-state index in [2.05, 4.69) is 0 Å². The van der Waals surface area contributed by atoms with Gasteiger partial charge < -0.3 is 10.6 Å². The number of thioether (sulfide) groups is 1. The van der Waals surface area contributed by atoms with Crippen molar-refractivity contribution in [2.75, 3.05) is 23.8 Å². The largest absolute Gasteiger partial charge is 0.322 e. The van der Waals surface area contributed by atoms with Gasteiger partial charge in [-0.25, -0.2) is 8.42 Å². The maximum atomic E-state index is 12.6. The van der Waals surface area contributed by atoms with E-state index in [1.54, 1.807) is 18.7 Å². The number of hydrogen-bond donors (Lipinski definition) is 1. The standard InChI is InChI=1S/C12H24N2O3S2/c1-4-12(13,5-2)11(15)14-7-8-18-9-10(14)19(16,17)6-3/h10H,4-9,13H2,1-3H3. The molecule has 1 atom stereocenters. The molecule has 1 heterocycles. The second-order valence-corrected chi connectivity index (χ2v) is 8.44. The first-order chi connectivity index (χ1) is 8.82. The second-order valence-electron chi connectivity index (χ2n) is 4.84. The van der Waals surface area contributed by atoms with Crippen LogP contribution in [0.15, 0.2) is 0 Å². The van der Waals surface area contributed by atoms with E-state index in [1.807, 2.05) is 13.8 Å². The molecule has 1 rings (SSSR count). The predicted octanol–water partition coefficient (Wildman–Crippen LogP) is 0.840.